The Morgan fingerprint density at radius 1 is 1.44 bits per heavy atom. The lowest BCUT2D eigenvalue weighted by molar-refractivity contribution is 0.0739. The topological polar surface area (TPSA) is 42.4 Å². The van der Waals surface area contributed by atoms with Crippen molar-refractivity contribution in [3.05, 3.63) is 45.4 Å². The van der Waals surface area contributed by atoms with Crippen molar-refractivity contribution in [2.24, 2.45) is 5.92 Å². The van der Waals surface area contributed by atoms with Crippen LogP contribution in [0.3, 0.4) is 0 Å². The van der Waals surface area contributed by atoms with E-state index in [1.807, 2.05) is 30.0 Å². The van der Waals surface area contributed by atoms with E-state index in [2.05, 4.69) is 24.9 Å². The summed E-state index contributed by atoms with van der Waals surface area (Å²) >= 11 is 1.56. The largest absolute Gasteiger partial charge is 0.497 e. The fraction of sp³-hybridized carbons (Fsp3) is 0.500. The van der Waals surface area contributed by atoms with Gasteiger partial charge in [0.2, 0.25) is 0 Å². The van der Waals surface area contributed by atoms with E-state index < -0.39 is 0 Å². The van der Waals surface area contributed by atoms with Crippen LogP contribution in [0.1, 0.15) is 58.7 Å². The average molecular weight is 359 g/mol. The smallest absolute Gasteiger partial charge is 0.266 e. The van der Waals surface area contributed by atoms with Gasteiger partial charge in [-0.25, -0.2) is 4.98 Å². The highest BCUT2D eigenvalue weighted by molar-refractivity contribution is 7.13. The Morgan fingerprint density at radius 2 is 2.24 bits per heavy atom. The molecule has 1 aromatic carbocycles. The summed E-state index contributed by atoms with van der Waals surface area (Å²) < 4.78 is 5.34. The Labute approximate surface area is 153 Å². The standard InChI is InChI=1S/C20H26N2O2S/c1-13(2)11-18-21-14(3)19(25-18)20(23)22-10-6-9-17(22)15-7-5-8-16(12-15)24-4/h5,7-8,12-13,17H,6,9-11H2,1-4H3. The van der Waals surface area contributed by atoms with Gasteiger partial charge in [-0.3, -0.25) is 4.79 Å². The van der Waals surface area contributed by atoms with Crippen molar-refractivity contribution >= 4 is 17.2 Å². The molecule has 2 heterocycles. The molecule has 1 unspecified atom stereocenters. The Hall–Kier alpha value is -1.88. The average Bonchev–Trinajstić information content (AvgIpc) is 3.20. The molecular formula is C20H26N2O2S. The van der Waals surface area contributed by atoms with E-state index in [1.165, 1.54) is 0 Å². The number of thiazole rings is 1. The van der Waals surface area contributed by atoms with Gasteiger partial charge >= 0.3 is 0 Å². The van der Waals surface area contributed by atoms with Crippen LogP contribution in [0.15, 0.2) is 24.3 Å². The number of hydrogen-bond donors (Lipinski definition) is 0. The molecule has 0 N–H and O–H groups in total. The van der Waals surface area contributed by atoms with Crippen molar-refractivity contribution in [2.75, 3.05) is 13.7 Å². The molecular weight excluding hydrogens is 332 g/mol. The van der Waals surface area contributed by atoms with Crippen molar-refractivity contribution < 1.29 is 9.53 Å². The fourth-order valence-corrected chi connectivity index (χ4v) is 4.66. The summed E-state index contributed by atoms with van der Waals surface area (Å²) in [5, 5.41) is 1.06. The zero-order valence-electron chi connectivity index (χ0n) is 15.4. The molecule has 2 aromatic rings. The molecule has 0 spiro atoms. The van der Waals surface area contributed by atoms with Crippen LogP contribution in [-0.4, -0.2) is 29.4 Å². The van der Waals surface area contributed by atoms with Crippen molar-refractivity contribution in [2.45, 2.75) is 46.1 Å². The minimum atomic E-state index is 0.121. The lowest BCUT2D eigenvalue weighted by Gasteiger charge is -2.25. The maximum atomic E-state index is 13.2. The van der Waals surface area contributed by atoms with Crippen LogP contribution >= 0.6 is 11.3 Å². The summed E-state index contributed by atoms with van der Waals surface area (Å²) in [5.74, 6) is 1.50. The second kappa shape index (κ2) is 7.56. The quantitative estimate of drug-likeness (QED) is 0.782. The summed E-state index contributed by atoms with van der Waals surface area (Å²) in [6.45, 7) is 7.11. The minimum absolute atomic E-state index is 0.121. The van der Waals surface area contributed by atoms with Crippen LogP contribution in [0.25, 0.3) is 0 Å². The number of methoxy groups -OCH3 is 1. The molecule has 0 aliphatic carbocycles. The number of rotatable bonds is 5. The van der Waals surface area contributed by atoms with E-state index in [-0.39, 0.29) is 11.9 Å². The number of hydrogen-bond acceptors (Lipinski definition) is 4. The number of benzene rings is 1. The van der Waals surface area contributed by atoms with Crippen LogP contribution in [-0.2, 0) is 6.42 Å². The first-order valence-corrected chi connectivity index (χ1v) is 9.72. The number of aryl methyl sites for hydroxylation is 1. The summed E-state index contributed by atoms with van der Waals surface area (Å²) in [4.78, 5) is 20.6. The third-order valence-electron chi connectivity index (χ3n) is 4.61. The Morgan fingerprint density at radius 3 is 2.96 bits per heavy atom. The van der Waals surface area contributed by atoms with Crippen LogP contribution in [0.2, 0.25) is 0 Å². The second-order valence-corrected chi connectivity index (χ2v) is 8.14. The van der Waals surface area contributed by atoms with E-state index in [0.717, 1.165) is 52.7 Å². The van der Waals surface area contributed by atoms with Gasteiger partial charge < -0.3 is 9.64 Å². The molecule has 1 atom stereocenters. The van der Waals surface area contributed by atoms with Gasteiger partial charge in [-0.05, 0) is 43.4 Å². The van der Waals surface area contributed by atoms with Gasteiger partial charge in [0.1, 0.15) is 10.6 Å². The Kier molecular flexibility index (Phi) is 5.42. The molecule has 1 aliphatic rings. The van der Waals surface area contributed by atoms with Gasteiger partial charge in [-0.15, -0.1) is 11.3 Å². The van der Waals surface area contributed by atoms with Crippen LogP contribution < -0.4 is 4.74 Å². The predicted octanol–water partition coefficient (Wildman–Crippen LogP) is 4.64. The zero-order chi connectivity index (χ0) is 18.0. The Balaban J connectivity index is 1.84. The summed E-state index contributed by atoms with van der Waals surface area (Å²) in [5.41, 5.74) is 2.01. The molecule has 3 rings (SSSR count). The number of nitrogens with zero attached hydrogens (tertiary/aromatic N) is 2. The Bertz CT molecular complexity index is 754. The van der Waals surface area contributed by atoms with E-state index in [4.69, 9.17) is 4.74 Å². The highest BCUT2D eigenvalue weighted by Gasteiger charge is 2.32. The molecule has 134 valence electrons. The van der Waals surface area contributed by atoms with Crippen molar-refractivity contribution in [1.82, 2.24) is 9.88 Å². The lowest BCUT2D eigenvalue weighted by Crippen LogP contribution is -2.30. The summed E-state index contributed by atoms with van der Waals surface area (Å²) in [6.07, 6.45) is 2.96. The maximum Gasteiger partial charge on any atom is 0.266 e. The molecule has 1 aromatic heterocycles. The van der Waals surface area contributed by atoms with E-state index in [9.17, 15) is 4.79 Å². The molecule has 0 saturated carbocycles. The van der Waals surface area contributed by atoms with E-state index in [1.54, 1.807) is 18.4 Å². The van der Waals surface area contributed by atoms with Gasteiger partial charge in [0, 0.05) is 13.0 Å². The second-order valence-electron chi connectivity index (χ2n) is 7.05. The van der Waals surface area contributed by atoms with E-state index in [0.29, 0.717) is 5.92 Å². The number of carbonyl (C=O) groups is 1. The van der Waals surface area contributed by atoms with E-state index >= 15 is 0 Å². The molecule has 4 nitrogen and oxygen atoms in total. The molecule has 5 heteroatoms. The number of aromatic nitrogens is 1. The van der Waals surface area contributed by atoms with Gasteiger partial charge in [-0.1, -0.05) is 26.0 Å². The summed E-state index contributed by atoms with van der Waals surface area (Å²) in [7, 11) is 1.67. The van der Waals surface area contributed by atoms with Crippen LogP contribution in [0.4, 0.5) is 0 Å². The highest BCUT2D eigenvalue weighted by atomic mass is 32.1. The molecule has 1 fully saturated rings. The normalized spacial score (nSPS) is 17.3. The highest BCUT2D eigenvalue weighted by Crippen LogP contribution is 2.35. The third-order valence-corrected chi connectivity index (χ3v) is 5.78. The zero-order valence-corrected chi connectivity index (χ0v) is 16.2. The predicted molar refractivity (Wildman–Crippen MR) is 101 cm³/mol. The van der Waals surface area contributed by atoms with Crippen LogP contribution in [0.5, 0.6) is 5.75 Å². The molecule has 1 saturated heterocycles. The molecule has 1 amide bonds. The number of carbonyl (C=O) groups excluding carboxylic acids is 1. The van der Waals surface area contributed by atoms with Gasteiger partial charge in [0.05, 0.1) is 23.9 Å². The number of ether oxygens (including phenoxy) is 1. The summed E-state index contributed by atoms with van der Waals surface area (Å²) in [6, 6.07) is 8.18. The van der Waals surface area contributed by atoms with Gasteiger partial charge in [0.15, 0.2) is 0 Å². The van der Waals surface area contributed by atoms with Crippen molar-refractivity contribution in [3.8, 4) is 5.75 Å². The number of amides is 1. The monoisotopic (exact) mass is 358 g/mol. The third kappa shape index (κ3) is 3.87. The first kappa shape index (κ1) is 17.9. The molecule has 0 bridgehead atoms. The fourth-order valence-electron chi connectivity index (χ4n) is 3.42. The van der Waals surface area contributed by atoms with Crippen molar-refractivity contribution in [3.63, 3.8) is 0 Å². The van der Waals surface area contributed by atoms with Gasteiger partial charge in [-0.2, -0.15) is 0 Å². The number of likely N-dealkylation sites (tertiary alicyclic amines) is 1. The first-order chi connectivity index (χ1) is 12.0. The van der Waals surface area contributed by atoms with Gasteiger partial charge in [0.25, 0.3) is 5.91 Å². The van der Waals surface area contributed by atoms with Crippen molar-refractivity contribution in [1.29, 1.82) is 0 Å². The lowest BCUT2D eigenvalue weighted by atomic mass is 10.0. The minimum Gasteiger partial charge on any atom is -0.497 e. The first-order valence-electron chi connectivity index (χ1n) is 8.90. The molecule has 0 radical (unpaired) electrons. The molecule has 1 aliphatic heterocycles. The molecule has 25 heavy (non-hydrogen) atoms. The SMILES string of the molecule is COc1cccc(C2CCCN2C(=O)c2sc(CC(C)C)nc2C)c1. The van der Waals surface area contributed by atoms with Crippen LogP contribution in [0, 0.1) is 12.8 Å². The maximum absolute atomic E-state index is 13.2.